The van der Waals surface area contributed by atoms with Crippen LogP contribution in [-0.4, -0.2) is 40.3 Å². The van der Waals surface area contributed by atoms with E-state index >= 15 is 0 Å². The molecule has 1 fully saturated rings. The summed E-state index contributed by atoms with van der Waals surface area (Å²) in [7, 11) is 1.92. The highest BCUT2D eigenvalue weighted by atomic mass is 35.5. The second-order valence-electron chi connectivity index (χ2n) is 7.30. The van der Waals surface area contributed by atoms with E-state index in [1.807, 2.05) is 60.7 Å². The second-order valence-corrected chi connectivity index (χ2v) is 9.40. The maximum absolute atomic E-state index is 13.6. The second kappa shape index (κ2) is 10.4. The average Bonchev–Trinajstić information content (AvgIpc) is 3.35. The Hall–Kier alpha value is -2.86. The largest absolute Gasteiger partial charge is 0.384 e. The molecule has 2 aliphatic rings. The SMILES string of the molecule is CCNc1ccc(C#N)cc1N=C1SC(=C2SC=C(CCl)N2C)C(=O)N1Cc1ccccc1. The summed E-state index contributed by atoms with van der Waals surface area (Å²) >= 11 is 8.90. The number of nitrogens with zero attached hydrogens (tertiary/aromatic N) is 4. The van der Waals surface area contributed by atoms with Crippen LogP contribution in [0.1, 0.15) is 18.1 Å². The molecule has 0 atom stereocenters. The van der Waals surface area contributed by atoms with Crippen molar-refractivity contribution in [2.75, 3.05) is 24.8 Å². The maximum atomic E-state index is 13.6. The highest BCUT2D eigenvalue weighted by molar-refractivity contribution is 8.19. The Balaban J connectivity index is 1.78. The molecule has 0 bridgehead atoms. The predicted octanol–water partition coefficient (Wildman–Crippen LogP) is 5.68. The summed E-state index contributed by atoms with van der Waals surface area (Å²) in [6.45, 7) is 3.12. The lowest BCUT2D eigenvalue weighted by atomic mass is 10.2. The molecular formula is C24H22ClN5OS2. The van der Waals surface area contributed by atoms with Crippen molar-refractivity contribution in [3.05, 3.63) is 80.7 Å². The highest BCUT2D eigenvalue weighted by Gasteiger charge is 2.38. The molecule has 0 unspecified atom stereocenters. The van der Waals surface area contributed by atoms with Crippen LogP contribution < -0.4 is 5.32 Å². The molecule has 0 aliphatic carbocycles. The zero-order chi connectivity index (χ0) is 23.4. The van der Waals surface area contributed by atoms with Crippen LogP contribution >= 0.6 is 35.1 Å². The summed E-state index contributed by atoms with van der Waals surface area (Å²) in [5.41, 5.74) is 3.92. The third-order valence-electron chi connectivity index (χ3n) is 5.13. The number of hydrogen-bond donors (Lipinski definition) is 1. The lowest BCUT2D eigenvalue weighted by molar-refractivity contribution is -0.122. The van der Waals surface area contributed by atoms with Gasteiger partial charge in [0, 0.05) is 19.3 Å². The van der Waals surface area contributed by atoms with Crippen molar-refractivity contribution >= 4 is 57.6 Å². The summed E-state index contributed by atoms with van der Waals surface area (Å²) in [5, 5.41) is 16.1. The molecule has 9 heteroatoms. The van der Waals surface area contributed by atoms with Gasteiger partial charge in [0.15, 0.2) is 5.17 Å². The molecule has 168 valence electrons. The monoisotopic (exact) mass is 495 g/mol. The van der Waals surface area contributed by atoms with Crippen molar-refractivity contribution < 1.29 is 4.79 Å². The van der Waals surface area contributed by atoms with Crippen LogP contribution in [0.5, 0.6) is 0 Å². The topological polar surface area (TPSA) is 71.7 Å². The zero-order valence-corrected chi connectivity index (χ0v) is 20.6. The van der Waals surface area contributed by atoms with Gasteiger partial charge in [-0.25, -0.2) is 4.99 Å². The van der Waals surface area contributed by atoms with E-state index in [0.717, 1.165) is 22.0 Å². The number of allylic oxidation sites excluding steroid dienone is 1. The summed E-state index contributed by atoms with van der Waals surface area (Å²) in [4.78, 5) is 22.7. The molecule has 1 amide bonds. The lowest BCUT2D eigenvalue weighted by Gasteiger charge is -2.18. The number of alkyl halides is 1. The van der Waals surface area contributed by atoms with Crippen molar-refractivity contribution in [2.24, 2.45) is 4.99 Å². The molecule has 2 aromatic rings. The van der Waals surface area contributed by atoms with Gasteiger partial charge in [-0.3, -0.25) is 9.69 Å². The number of anilines is 1. The van der Waals surface area contributed by atoms with Gasteiger partial charge in [0.1, 0.15) is 4.91 Å². The lowest BCUT2D eigenvalue weighted by Crippen LogP contribution is -2.29. The van der Waals surface area contributed by atoms with Crippen LogP contribution in [0.4, 0.5) is 11.4 Å². The van der Waals surface area contributed by atoms with Crippen molar-refractivity contribution in [3.8, 4) is 6.07 Å². The van der Waals surface area contributed by atoms with Gasteiger partial charge in [-0.15, -0.1) is 11.6 Å². The van der Waals surface area contributed by atoms with Gasteiger partial charge in [-0.1, -0.05) is 42.1 Å². The number of thioether (sulfide) groups is 2. The first-order valence-corrected chi connectivity index (χ1v) is 12.6. The predicted molar refractivity (Wildman–Crippen MR) is 138 cm³/mol. The number of aliphatic imine (C=N–C) groups is 1. The van der Waals surface area contributed by atoms with Crippen LogP contribution in [-0.2, 0) is 11.3 Å². The number of amidine groups is 1. The van der Waals surface area contributed by atoms with Crippen molar-refractivity contribution in [3.63, 3.8) is 0 Å². The Morgan fingerprint density at radius 3 is 2.67 bits per heavy atom. The number of carbonyl (C=O) groups is 1. The molecule has 2 aromatic carbocycles. The normalized spacial score (nSPS) is 19.3. The minimum atomic E-state index is -0.0948. The smallest absolute Gasteiger partial charge is 0.269 e. The Kier molecular flexibility index (Phi) is 7.33. The van der Waals surface area contributed by atoms with Crippen LogP contribution in [0.3, 0.4) is 0 Å². The summed E-state index contributed by atoms with van der Waals surface area (Å²) < 4.78 is 0. The van der Waals surface area contributed by atoms with Crippen LogP contribution in [0.25, 0.3) is 0 Å². The molecule has 2 aliphatic heterocycles. The fourth-order valence-corrected chi connectivity index (χ4v) is 5.98. The Morgan fingerprint density at radius 2 is 2.00 bits per heavy atom. The number of benzene rings is 2. The Labute approximate surface area is 207 Å². The number of carbonyl (C=O) groups excluding carboxylic acids is 1. The van der Waals surface area contributed by atoms with Crippen LogP contribution in [0.15, 0.2) is 74.6 Å². The fourth-order valence-electron chi connectivity index (χ4n) is 3.40. The molecule has 1 saturated heterocycles. The molecule has 6 nitrogen and oxygen atoms in total. The summed E-state index contributed by atoms with van der Waals surface area (Å²) in [5.74, 6) is 0.281. The maximum Gasteiger partial charge on any atom is 0.269 e. The fraction of sp³-hybridized carbons (Fsp3) is 0.208. The molecule has 1 N–H and O–H groups in total. The first-order chi connectivity index (χ1) is 16.0. The third-order valence-corrected chi connectivity index (χ3v) is 7.69. The molecular weight excluding hydrogens is 474 g/mol. The Bertz CT molecular complexity index is 1200. The van der Waals surface area contributed by atoms with Crippen molar-refractivity contribution in [1.29, 1.82) is 5.26 Å². The van der Waals surface area contributed by atoms with E-state index in [0.29, 0.717) is 40.3 Å². The van der Waals surface area contributed by atoms with Gasteiger partial charge < -0.3 is 10.2 Å². The van der Waals surface area contributed by atoms with Gasteiger partial charge in [0.05, 0.1) is 40.5 Å². The molecule has 33 heavy (non-hydrogen) atoms. The third kappa shape index (κ3) is 4.91. The minimum Gasteiger partial charge on any atom is -0.384 e. The number of nitriles is 1. The van der Waals surface area contributed by atoms with Gasteiger partial charge in [0.25, 0.3) is 5.91 Å². The van der Waals surface area contributed by atoms with Gasteiger partial charge >= 0.3 is 0 Å². The van der Waals surface area contributed by atoms with Crippen LogP contribution in [0.2, 0.25) is 0 Å². The van der Waals surface area contributed by atoms with E-state index in [2.05, 4.69) is 11.4 Å². The Morgan fingerprint density at radius 1 is 1.21 bits per heavy atom. The minimum absolute atomic E-state index is 0.0948. The van der Waals surface area contributed by atoms with E-state index in [4.69, 9.17) is 16.6 Å². The quantitative estimate of drug-likeness (QED) is 0.410. The van der Waals surface area contributed by atoms with Crippen molar-refractivity contribution in [2.45, 2.75) is 13.5 Å². The zero-order valence-electron chi connectivity index (χ0n) is 18.2. The molecule has 2 heterocycles. The number of hydrogen-bond acceptors (Lipinski definition) is 7. The van der Waals surface area contributed by atoms with E-state index in [1.54, 1.807) is 17.0 Å². The molecule has 0 saturated carbocycles. The van der Waals surface area contributed by atoms with Gasteiger partial charge in [-0.05, 0) is 47.9 Å². The van der Waals surface area contributed by atoms with E-state index in [1.165, 1.54) is 23.5 Å². The molecule has 0 aromatic heterocycles. The number of halogens is 1. The average molecular weight is 496 g/mol. The molecule has 0 radical (unpaired) electrons. The van der Waals surface area contributed by atoms with Crippen LogP contribution in [0, 0.1) is 11.3 Å². The van der Waals surface area contributed by atoms with Crippen molar-refractivity contribution in [1.82, 2.24) is 9.80 Å². The van der Waals surface area contributed by atoms with Gasteiger partial charge in [-0.2, -0.15) is 5.26 Å². The van der Waals surface area contributed by atoms with Gasteiger partial charge in [0.2, 0.25) is 0 Å². The summed E-state index contributed by atoms with van der Waals surface area (Å²) in [6.07, 6.45) is 0. The molecule has 0 spiro atoms. The van der Waals surface area contributed by atoms with E-state index in [9.17, 15) is 10.1 Å². The molecule has 4 rings (SSSR count). The van der Waals surface area contributed by atoms with E-state index < -0.39 is 0 Å². The number of nitrogens with one attached hydrogen (secondary N) is 1. The summed E-state index contributed by atoms with van der Waals surface area (Å²) in [6, 6.07) is 17.4. The standard InChI is InChI=1S/C24H22ClN5OS2/c1-3-27-19-10-9-17(13-26)11-20(19)28-24-30(14-16-7-5-4-6-8-16)22(31)21(33-24)23-29(2)18(12-25)15-32-23/h4-11,15,27H,3,12,14H2,1-2H3. The number of amides is 1. The number of rotatable bonds is 6. The van der Waals surface area contributed by atoms with E-state index in [-0.39, 0.29) is 5.91 Å². The first kappa shape index (κ1) is 23.3. The first-order valence-electron chi connectivity index (χ1n) is 10.4. The highest BCUT2D eigenvalue weighted by Crippen LogP contribution is 2.44.